The fourth-order valence-electron chi connectivity index (χ4n) is 2.07. The Morgan fingerprint density at radius 2 is 2.21 bits per heavy atom. The van der Waals surface area contributed by atoms with Gasteiger partial charge in [0.15, 0.2) is 4.96 Å². The second kappa shape index (κ2) is 5.36. The van der Waals surface area contributed by atoms with E-state index in [0.29, 0.717) is 0 Å². The van der Waals surface area contributed by atoms with Crippen LogP contribution < -0.4 is 5.32 Å². The van der Waals surface area contributed by atoms with Crippen molar-refractivity contribution in [1.82, 2.24) is 14.7 Å². The van der Waals surface area contributed by atoms with Crippen LogP contribution in [0.25, 0.3) is 4.96 Å². The molecular formula is C13H14BrN3S2. The van der Waals surface area contributed by atoms with Crippen LogP contribution >= 0.6 is 38.6 Å². The molecule has 3 nitrogen and oxygen atoms in total. The third kappa shape index (κ3) is 2.63. The molecule has 0 aliphatic heterocycles. The third-order valence-corrected chi connectivity index (χ3v) is 5.83. The van der Waals surface area contributed by atoms with Crippen molar-refractivity contribution in [2.75, 3.05) is 0 Å². The highest BCUT2D eigenvalue weighted by Crippen LogP contribution is 2.23. The summed E-state index contributed by atoms with van der Waals surface area (Å²) in [6.07, 6.45) is 2.16. The molecule has 3 heterocycles. The van der Waals surface area contributed by atoms with Crippen LogP contribution in [0.2, 0.25) is 0 Å². The smallest absolute Gasteiger partial charge is 0.194 e. The fraction of sp³-hybridized carbons (Fsp3) is 0.308. The minimum absolute atomic E-state index is 0.841. The zero-order valence-corrected chi connectivity index (χ0v) is 14.0. The zero-order valence-electron chi connectivity index (χ0n) is 10.7. The predicted molar refractivity (Wildman–Crippen MR) is 85.1 cm³/mol. The topological polar surface area (TPSA) is 29.3 Å². The van der Waals surface area contributed by atoms with Crippen molar-refractivity contribution in [3.63, 3.8) is 0 Å². The highest BCUT2D eigenvalue weighted by atomic mass is 79.9. The van der Waals surface area contributed by atoms with E-state index in [1.807, 2.05) is 0 Å². The molecule has 0 fully saturated rings. The van der Waals surface area contributed by atoms with Crippen molar-refractivity contribution in [1.29, 1.82) is 0 Å². The molecule has 0 saturated heterocycles. The second-order valence-electron chi connectivity index (χ2n) is 4.43. The number of rotatable bonds is 4. The summed E-state index contributed by atoms with van der Waals surface area (Å²) in [5, 5.41) is 5.60. The van der Waals surface area contributed by atoms with Crippen LogP contribution in [0.3, 0.4) is 0 Å². The average Bonchev–Trinajstić information content (AvgIpc) is 2.98. The van der Waals surface area contributed by atoms with Crippen LogP contribution in [0.5, 0.6) is 0 Å². The van der Waals surface area contributed by atoms with Gasteiger partial charge in [-0.3, -0.25) is 4.40 Å². The molecule has 1 N–H and O–H groups in total. The van der Waals surface area contributed by atoms with Gasteiger partial charge < -0.3 is 5.32 Å². The number of aromatic nitrogens is 2. The molecule has 0 spiro atoms. The molecule has 19 heavy (non-hydrogen) atoms. The van der Waals surface area contributed by atoms with Crippen LogP contribution in [-0.2, 0) is 13.1 Å². The molecule has 6 heteroatoms. The van der Waals surface area contributed by atoms with Gasteiger partial charge in [-0.25, -0.2) is 4.98 Å². The Bertz CT molecular complexity index is 711. The maximum Gasteiger partial charge on any atom is 0.194 e. The van der Waals surface area contributed by atoms with Gasteiger partial charge in [0.25, 0.3) is 0 Å². The summed E-state index contributed by atoms with van der Waals surface area (Å²) >= 11 is 7.07. The minimum atomic E-state index is 0.841. The molecule has 0 aliphatic rings. The molecule has 0 aromatic carbocycles. The molecule has 3 aromatic heterocycles. The molecule has 0 amide bonds. The SMILES string of the molecule is Cc1cn2c(CNCc3sccc3Br)c(C)nc2s1. The lowest BCUT2D eigenvalue weighted by Crippen LogP contribution is -2.14. The number of halogens is 1. The Hall–Kier alpha value is -0.690. The lowest BCUT2D eigenvalue weighted by atomic mass is 10.3. The maximum absolute atomic E-state index is 4.60. The quantitative estimate of drug-likeness (QED) is 0.762. The lowest BCUT2D eigenvalue weighted by molar-refractivity contribution is 0.678. The van der Waals surface area contributed by atoms with E-state index in [2.05, 4.69) is 62.1 Å². The number of thiazole rings is 1. The predicted octanol–water partition coefficient (Wildman–Crippen LogP) is 4.13. The molecule has 100 valence electrons. The van der Waals surface area contributed by atoms with E-state index >= 15 is 0 Å². The fourth-order valence-corrected chi connectivity index (χ4v) is 4.42. The summed E-state index contributed by atoms with van der Waals surface area (Å²) in [6.45, 7) is 5.92. The summed E-state index contributed by atoms with van der Waals surface area (Å²) in [5.41, 5.74) is 2.37. The third-order valence-electron chi connectivity index (χ3n) is 3.01. The van der Waals surface area contributed by atoms with Crippen molar-refractivity contribution < 1.29 is 0 Å². The number of nitrogens with zero attached hydrogens (tertiary/aromatic N) is 2. The Morgan fingerprint density at radius 1 is 1.37 bits per heavy atom. The molecule has 0 aliphatic carbocycles. The molecule has 0 radical (unpaired) electrons. The first-order valence-electron chi connectivity index (χ1n) is 6.01. The molecule has 3 aromatic rings. The van der Waals surface area contributed by atoms with Gasteiger partial charge in [-0.2, -0.15) is 0 Å². The molecule has 0 unspecified atom stereocenters. The number of aryl methyl sites for hydroxylation is 2. The number of hydrogen-bond donors (Lipinski definition) is 1. The number of imidazole rings is 1. The monoisotopic (exact) mass is 355 g/mol. The van der Waals surface area contributed by atoms with Crippen molar-refractivity contribution in [3.05, 3.63) is 43.3 Å². The summed E-state index contributed by atoms with van der Waals surface area (Å²) < 4.78 is 3.39. The Labute approximate surface area is 128 Å². The van der Waals surface area contributed by atoms with E-state index in [0.717, 1.165) is 23.7 Å². The number of nitrogens with one attached hydrogen (secondary N) is 1. The van der Waals surface area contributed by atoms with Crippen molar-refractivity contribution >= 4 is 43.6 Å². The molecular weight excluding hydrogens is 342 g/mol. The van der Waals surface area contributed by atoms with Gasteiger partial charge >= 0.3 is 0 Å². The Kier molecular flexibility index (Phi) is 3.75. The standard InChI is InChI=1S/C13H14BrN3S2/c1-8-7-17-11(9(2)16-13(17)19-8)5-15-6-12-10(14)3-4-18-12/h3-4,7,15H,5-6H2,1-2H3. The maximum atomic E-state index is 4.60. The van der Waals surface area contributed by atoms with E-state index < -0.39 is 0 Å². The van der Waals surface area contributed by atoms with Gasteiger partial charge in [-0.05, 0) is 41.2 Å². The second-order valence-corrected chi connectivity index (χ2v) is 7.50. The van der Waals surface area contributed by atoms with E-state index in [4.69, 9.17) is 0 Å². The highest BCUT2D eigenvalue weighted by Gasteiger charge is 2.10. The molecule has 3 rings (SSSR count). The van der Waals surface area contributed by atoms with E-state index in [1.54, 1.807) is 22.7 Å². The van der Waals surface area contributed by atoms with Gasteiger partial charge in [0.05, 0.1) is 11.4 Å². The normalized spacial score (nSPS) is 11.5. The van der Waals surface area contributed by atoms with E-state index in [1.165, 1.54) is 19.9 Å². The number of thiophene rings is 1. The lowest BCUT2D eigenvalue weighted by Gasteiger charge is -2.04. The first-order valence-corrected chi connectivity index (χ1v) is 8.50. The highest BCUT2D eigenvalue weighted by molar-refractivity contribution is 9.10. The summed E-state index contributed by atoms with van der Waals surface area (Å²) in [7, 11) is 0. The van der Waals surface area contributed by atoms with Gasteiger partial charge in [-0.1, -0.05) is 0 Å². The molecule has 0 saturated carbocycles. The Morgan fingerprint density at radius 3 is 2.95 bits per heavy atom. The van der Waals surface area contributed by atoms with Crippen molar-refractivity contribution in [2.45, 2.75) is 26.9 Å². The minimum Gasteiger partial charge on any atom is -0.306 e. The van der Waals surface area contributed by atoms with Gasteiger partial charge in [0.2, 0.25) is 0 Å². The van der Waals surface area contributed by atoms with Crippen LogP contribution in [0.15, 0.2) is 22.1 Å². The Balaban J connectivity index is 1.74. The van der Waals surface area contributed by atoms with Crippen molar-refractivity contribution in [2.24, 2.45) is 0 Å². The number of fused-ring (bicyclic) bond motifs is 1. The average molecular weight is 356 g/mol. The zero-order chi connectivity index (χ0) is 13.4. The molecule has 0 bridgehead atoms. The summed E-state index contributed by atoms with van der Waals surface area (Å²) in [6, 6.07) is 2.09. The van der Waals surface area contributed by atoms with E-state index in [-0.39, 0.29) is 0 Å². The van der Waals surface area contributed by atoms with Gasteiger partial charge in [-0.15, -0.1) is 22.7 Å². The van der Waals surface area contributed by atoms with Crippen LogP contribution in [0.4, 0.5) is 0 Å². The van der Waals surface area contributed by atoms with Gasteiger partial charge in [0, 0.05) is 33.5 Å². The van der Waals surface area contributed by atoms with Crippen molar-refractivity contribution in [3.8, 4) is 0 Å². The largest absolute Gasteiger partial charge is 0.306 e. The van der Waals surface area contributed by atoms with Crippen LogP contribution in [-0.4, -0.2) is 9.38 Å². The summed E-state index contributed by atoms with van der Waals surface area (Å²) in [4.78, 5) is 8.32. The first kappa shape index (κ1) is 13.3. The van der Waals surface area contributed by atoms with Crippen LogP contribution in [0.1, 0.15) is 21.1 Å². The first-order chi connectivity index (χ1) is 9.15. The summed E-state index contributed by atoms with van der Waals surface area (Å²) in [5.74, 6) is 0. The van der Waals surface area contributed by atoms with Crippen LogP contribution in [0, 0.1) is 13.8 Å². The number of hydrogen-bond acceptors (Lipinski definition) is 4. The van der Waals surface area contributed by atoms with E-state index in [9.17, 15) is 0 Å². The van der Waals surface area contributed by atoms with Gasteiger partial charge in [0.1, 0.15) is 0 Å². The molecule has 0 atom stereocenters.